The first-order valence-corrected chi connectivity index (χ1v) is 8.91. The van der Waals surface area contributed by atoms with Crippen LogP contribution in [0.1, 0.15) is 44.7 Å². The molecule has 1 N–H and O–H groups in total. The first kappa shape index (κ1) is 17.8. The first-order chi connectivity index (χ1) is 11.2. The molecule has 1 aromatic rings. The molecule has 128 valence electrons. The average molecular weight is 317 g/mol. The zero-order valence-corrected chi connectivity index (χ0v) is 14.8. The molecule has 0 spiro atoms. The molecule has 1 saturated heterocycles. The number of benzene rings is 1. The molecule has 0 amide bonds. The Morgan fingerprint density at radius 2 is 1.83 bits per heavy atom. The van der Waals surface area contributed by atoms with Gasteiger partial charge in [-0.25, -0.2) is 4.99 Å². The van der Waals surface area contributed by atoms with Crippen molar-refractivity contribution in [3.05, 3.63) is 35.4 Å². The summed E-state index contributed by atoms with van der Waals surface area (Å²) in [7, 11) is 0. The van der Waals surface area contributed by atoms with Crippen molar-refractivity contribution < 1.29 is 4.74 Å². The Morgan fingerprint density at radius 3 is 2.43 bits per heavy atom. The van der Waals surface area contributed by atoms with E-state index in [9.17, 15) is 0 Å². The van der Waals surface area contributed by atoms with Crippen molar-refractivity contribution in [3.63, 3.8) is 0 Å². The van der Waals surface area contributed by atoms with E-state index in [1.807, 2.05) is 6.92 Å². The lowest BCUT2D eigenvalue weighted by Crippen LogP contribution is -2.45. The molecule has 23 heavy (non-hydrogen) atoms. The SMILES string of the molecule is CCNC(=NCc1ccc(COCC)cc1)N1CCC(C)CC1. The van der Waals surface area contributed by atoms with E-state index in [0.717, 1.165) is 44.7 Å². The zero-order valence-electron chi connectivity index (χ0n) is 14.8. The minimum absolute atomic E-state index is 0.689. The molecular weight excluding hydrogens is 286 g/mol. The standard InChI is InChI=1S/C19H31N3O/c1-4-20-19(22-12-10-16(3)11-13-22)21-14-17-6-8-18(9-7-17)15-23-5-2/h6-9,16H,4-5,10-15H2,1-3H3,(H,20,21). The van der Waals surface area contributed by atoms with E-state index in [0.29, 0.717) is 6.61 Å². The summed E-state index contributed by atoms with van der Waals surface area (Å²) in [4.78, 5) is 7.22. The number of nitrogens with zero attached hydrogens (tertiary/aromatic N) is 2. The van der Waals surface area contributed by atoms with Gasteiger partial charge in [0.2, 0.25) is 0 Å². The lowest BCUT2D eigenvalue weighted by molar-refractivity contribution is 0.134. The van der Waals surface area contributed by atoms with Gasteiger partial charge in [0.1, 0.15) is 0 Å². The molecule has 1 aliphatic heterocycles. The largest absolute Gasteiger partial charge is 0.377 e. The Bertz CT molecular complexity index is 476. The number of piperidine rings is 1. The summed E-state index contributed by atoms with van der Waals surface area (Å²) in [6.45, 7) is 11.8. The Labute approximate surface area is 140 Å². The second-order valence-corrected chi connectivity index (χ2v) is 6.29. The molecule has 1 aromatic carbocycles. The average Bonchev–Trinajstić information content (AvgIpc) is 2.58. The van der Waals surface area contributed by atoms with Gasteiger partial charge in [-0.3, -0.25) is 0 Å². The van der Waals surface area contributed by atoms with Gasteiger partial charge in [0, 0.05) is 26.2 Å². The number of nitrogens with one attached hydrogen (secondary N) is 1. The van der Waals surface area contributed by atoms with Crippen molar-refractivity contribution in [2.24, 2.45) is 10.9 Å². The molecule has 0 radical (unpaired) electrons. The van der Waals surface area contributed by atoms with Crippen molar-refractivity contribution in [1.82, 2.24) is 10.2 Å². The minimum Gasteiger partial charge on any atom is -0.377 e. The minimum atomic E-state index is 0.689. The summed E-state index contributed by atoms with van der Waals surface area (Å²) in [5.41, 5.74) is 2.46. The molecule has 4 heteroatoms. The van der Waals surface area contributed by atoms with Crippen molar-refractivity contribution in [2.45, 2.75) is 46.8 Å². The van der Waals surface area contributed by atoms with Crippen LogP contribution in [0.3, 0.4) is 0 Å². The van der Waals surface area contributed by atoms with Crippen LogP contribution in [0.5, 0.6) is 0 Å². The number of rotatable bonds is 6. The second-order valence-electron chi connectivity index (χ2n) is 6.29. The van der Waals surface area contributed by atoms with Crippen LogP contribution in [0.25, 0.3) is 0 Å². The smallest absolute Gasteiger partial charge is 0.194 e. The number of hydrogen-bond acceptors (Lipinski definition) is 2. The van der Waals surface area contributed by atoms with E-state index in [2.05, 4.69) is 48.3 Å². The molecule has 0 bridgehead atoms. The van der Waals surface area contributed by atoms with Crippen LogP contribution in [0.4, 0.5) is 0 Å². The molecule has 4 nitrogen and oxygen atoms in total. The van der Waals surface area contributed by atoms with Gasteiger partial charge in [0.15, 0.2) is 5.96 Å². The summed E-state index contributed by atoms with van der Waals surface area (Å²) < 4.78 is 5.43. The molecule has 0 aliphatic carbocycles. The Hall–Kier alpha value is -1.55. The lowest BCUT2D eigenvalue weighted by atomic mass is 10.00. The maximum Gasteiger partial charge on any atom is 0.194 e. The predicted octanol–water partition coefficient (Wildman–Crippen LogP) is 3.42. The normalized spacial score (nSPS) is 16.7. The molecule has 0 atom stereocenters. The number of guanidine groups is 1. The molecule has 1 fully saturated rings. The predicted molar refractivity (Wildman–Crippen MR) is 96.6 cm³/mol. The molecule has 0 saturated carbocycles. The van der Waals surface area contributed by atoms with Gasteiger partial charge in [-0.15, -0.1) is 0 Å². The highest BCUT2D eigenvalue weighted by Gasteiger charge is 2.18. The number of hydrogen-bond donors (Lipinski definition) is 1. The van der Waals surface area contributed by atoms with E-state index in [1.165, 1.54) is 24.0 Å². The van der Waals surface area contributed by atoms with Gasteiger partial charge < -0.3 is 15.0 Å². The first-order valence-electron chi connectivity index (χ1n) is 8.91. The summed E-state index contributed by atoms with van der Waals surface area (Å²) >= 11 is 0. The van der Waals surface area contributed by atoms with Gasteiger partial charge in [0.05, 0.1) is 13.2 Å². The third-order valence-corrected chi connectivity index (χ3v) is 4.33. The van der Waals surface area contributed by atoms with Crippen molar-refractivity contribution in [2.75, 3.05) is 26.2 Å². The van der Waals surface area contributed by atoms with Crippen LogP contribution >= 0.6 is 0 Å². The Balaban J connectivity index is 1.94. The van der Waals surface area contributed by atoms with E-state index in [1.54, 1.807) is 0 Å². The summed E-state index contributed by atoms with van der Waals surface area (Å²) in [6.07, 6.45) is 2.52. The Morgan fingerprint density at radius 1 is 1.17 bits per heavy atom. The second kappa shape index (κ2) is 9.56. The maximum absolute atomic E-state index is 5.43. The topological polar surface area (TPSA) is 36.9 Å². The van der Waals surface area contributed by atoms with Crippen LogP contribution in [-0.4, -0.2) is 37.1 Å². The number of likely N-dealkylation sites (tertiary alicyclic amines) is 1. The van der Waals surface area contributed by atoms with Gasteiger partial charge in [-0.05, 0) is 43.7 Å². The zero-order chi connectivity index (χ0) is 16.5. The van der Waals surface area contributed by atoms with Crippen LogP contribution in [-0.2, 0) is 17.9 Å². The molecule has 0 unspecified atom stereocenters. The van der Waals surface area contributed by atoms with E-state index < -0.39 is 0 Å². The summed E-state index contributed by atoms with van der Waals surface area (Å²) in [6, 6.07) is 8.57. The van der Waals surface area contributed by atoms with Crippen molar-refractivity contribution in [3.8, 4) is 0 Å². The fourth-order valence-corrected chi connectivity index (χ4v) is 2.77. The molecule has 1 aliphatic rings. The van der Waals surface area contributed by atoms with Crippen LogP contribution < -0.4 is 5.32 Å². The van der Waals surface area contributed by atoms with Gasteiger partial charge in [0.25, 0.3) is 0 Å². The fourth-order valence-electron chi connectivity index (χ4n) is 2.77. The number of aliphatic imine (C=N–C) groups is 1. The van der Waals surface area contributed by atoms with Crippen LogP contribution in [0.2, 0.25) is 0 Å². The van der Waals surface area contributed by atoms with Crippen LogP contribution in [0, 0.1) is 5.92 Å². The highest BCUT2D eigenvalue weighted by atomic mass is 16.5. The van der Waals surface area contributed by atoms with Crippen molar-refractivity contribution in [1.29, 1.82) is 0 Å². The highest BCUT2D eigenvalue weighted by molar-refractivity contribution is 5.80. The van der Waals surface area contributed by atoms with Crippen LogP contribution in [0.15, 0.2) is 29.3 Å². The summed E-state index contributed by atoms with van der Waals surface area (Å²) in [5.74, 6) is 1.89. The number of ether oxygens (including phenoxy) is 1. The van der Waals surface area contributed by atoms with Gasteiger partial charge in [-0.1, -0.05) is 31.2 Å². The monoisotopic (exact) mass is 317 g/mol. The molecule has 1 heterocycles. The third kappa shape index (κ3) is 5.87. The third-order valence-electron chi connectivity index (χ3n) is 4.33. The fraction of sp³-hybridized carbons (Fsp3) is 0.632. The highest BCUT2D eigenvalue weighted by Crippen LogP contribution is 2.16. The van der Waals surface area contributed by atoms with E-state index in [-0.39, 0.29) is 0 Å². The molecular formula is C19H31N3O. The summed E-state index contributed by atoms with van der Waals surface area (Å²) in [5, 5.41) is 3.43. The maximum atomic E-state index is 5.43. The molecule has 0 aromatic heterocycles. The van der Waals surface area contributed by atoms with E-state index in [4.69, 9.17) is 9.73 Å². The Kier molecular flexibility index (Phi) is 7.40. The van der Waals surface area contributed by atoms with E-state index >= 15 is 0 Å². The lowest BCUT2D eigenvalue weighted by Gasteiger charge is -2.33. The van der Waals surface area contributed by atoms with Crippen molar-refractivity contribution >= 4 is 5.96 Å². The van der Waals surface area contributed by atoms with Gasteiger partial charge >= 0.3 is 0 Å². The van der Waals surface area contributed by atoms with Gasteiger partial charge in [-0.2, -0.15) is 0 Å². The molecule has 2 rings (SSSR count). The quantitative estimate of drug-likeness (QED) is 0.645.